The summed E-state index contributed by atoms with van der Waals surface area (Å²) in [6.45, 7) is 0.554. The molecule has 3 aliphatic rings. The molecule has 0 amide bonds. The highest BCUT2D eigenvalue weighted by Gasteiger charge is 2.35. The molecular weight excluding hydrogens is 402 g/mol. The zero-order valence-electron chi connectivity index (χ0n) is 18.2. The fourth-order valence-corrected chi connectivity index (χ4v) is 5.51. The first-order valence-electron chi connectivity index (χ1n) is 11.4. The van der Waals surface area contributed by atoms with Gasteiger partial charge in [-0.2, -0.15) is 5.10 Å². The summed E-state index contributed by atoms with van der Waals surface area (Å²) in [6.07, 6.45) is 12.1. The van der Waals surface area contributed by atoms with Crippen molar-refractivity contribution in [1.82, 2.24) is 25.3 Å². The van der Waals surface area contributed by atoms with Crippen molar-refractivity contribution >= 4 is 5.57 Å². The lowest BCUT2D eigenvalue weighted by Gasteiger charge is -2.41. The largest absolute Gasteiger partial charge is 0.507 e. The van der Waals surface area contributed by atoms with Gasteiger partial charge < -0.3 is 15.2 Å². The van der Waals surface area contributed by atoms with Gasteiger partial charge in [-0.3, -0.25) is 4.68 Å². The highest BCUT2D eigenvalue weighted by atomic mass is 16.5. The van der Waals surface area contributed by atoms with E-state index in [2.05, 4.69) is 26.7 Å². The second kappa shape index (κ2) is 7.74. The Morgan fingerprint density at radius 3 is 2.69 bits per heavy atom. The molecule has 32 heavy (non-hydrogen) atoms. The summed E-state index contributed by atoms with van der Waals surface area (Å²) >= 11 is 0. The summed E-state index contributed by atoms with van der Waals surface area (Å²) in [5.41, 5.74) is 5.25. The number of hydrogen-bond acceptors (Lipinski definition) is 6. The van der Waals surface area contributed by atoms with E-state index in [1.165, 1.54) is 24.8 Å². The summed E-state index contributed by atoms with van der Waals surface area (Å²) in [5.74, 6) is 1.42. The Morgan fingerprint density at radius 1 is 1.09 bits per heavy atom. The first kappa shape index (κ1) is 19.5. The average molecular weight is 430 g/mol. The van der Waals surface area contributed by atoms with Gasteiger partial charge in [-0.25, -0.2) is 0 Å². The predicted octanol–water partition coefficient (Wildman–Crippen LogP) is 3.95. The maximum absolute atomic E-state index is 10.7. The van der Waals surface area contributed by atoms with E-state index in [1.807, 2.05) is 31.4 Å². The number of phenols is 1. The molecule has 6 rings (SSSR count). The maximum atomic E-state index is 10.7. The molecule has 0 saturated carbocycles. The SMILES string of the molecule is Cn1cc(-c2ccc(-c3cc4c(nn3)C(C3CC5CCCC(C3)N5)=CCO4)c(O)c2)cn1. The third-order valence-electron chi connectivity index (χ3n) is 7.04. The Kier molecular flexibility index (Phi) is 4.72. The van der Waals surface area contributed by atoms with E-state index in [0.717, 1.165) is 35.4 Å². The quantitative estimate of drug-likeness (QED) is 0.656. The van der Waals surface area contributed by atoms with Crippen molar-refractivity contribution in [3.8, 4) is 33.9 Å². The van der Waals surface area contributed by atoms with Crippen molar-refractivity contribution in [1.29, 1.82) is 0 Å². The number of aryl methyl sites for hydroxylation is 1. The number of nitrogens with one attached hydrogen (secondary N) is 1. The lowest BCUT2D eigenvalue weighted by Crippen LogP contribution is -2.48. The number of phenolic OH excluding ortho intramolecular Hbond substituents is 1. The molecule has 7 nitrogen and oxygen atoms in total. The van der Waals surface area contributed by atoms with Crippen LogP contribution in [0.3, 0.4) is 0 Å². The zero-order chi connectivity index (χ0) is 21.7. The lowest BCUT2D eigenvalue weighted by atomic mass is 9.76. The van der Waals surface area contributed by atoms with Gasteiger partial charge in [0.15, 0.2) is 0 Å². The average Bonchev–Trinajstić information content (AvgIpc) is 3.24. The highest BCUT2D eigenvalue weighted by Crippen LogP contribution is 2.42. The number of aromatic nitrogens is 4. The molecule has 0 spiro atoms. The molecule has 2 fully saturated rings. The lowest BCUT2D eigenvalue weighted by molar-refractivity contribution is 0.212. The molecule has 2 saturated heterocycles. The summed E-state index contributed by atoms with van der Waals surface area (Å²) in [6, 6.07) is 8.72. The summed E-state index contributed by atoms with van der Waals surface area (Å²) in [7, 11) is 1.87. The third kappa shape index (κ3) is 3.46. The van der Waals surface area contributed by atoms with Crippen LogP contribution in [0.1, 0.15) is 37.8 Å². The van der Waals surface area contributed by atoms with E-state index in [1.54, 1.807) is 16.9 Å². The molecule has 2 aromatic heterocycles. The monoisotopic (exact) mass is 429 g/mol. The molecule has 2 N–H and O–H groups in total. The van der Waals surface area contributed by atoms with Crippen LogP contribution in [-0.4, -0.2) is 43.8 Å². The van der Waals surface area contributed by atoms with Gasteiger partial charge in [-0.15, -0.1) is 10.2 Å². The summed E-state index contributed by atoms with van der Waals surface area (Å²) < 4.78 is 7.69. The number of hydrogen-bond donors (Lipinski definition) is 2. The molecule has 3 aromatic rings. The minimum absolute atomic E-state index is 0.165. The Hall–Kier alpha value is -3.19. The molecule has 2 atom stereocenters. The molecular formula is C25H27N5O2. The topological polar surface area (TPSA) is 85.1 Å². The second-order valence-corrected chi connectivity index (χ2v) is 9.21. The Bertz CT molecular complexity index is 1190. The minimum Gasteiger partial charge on any atom is -0.507 e. The number of allylic oxidation sites excluding steroid dienone is 1. The molecule has 2 bridgehead atoms. The van der Waals surface area contributed by atoms with Crippen molar-refractivity contribution in [2.24, 2.45) is 13.0 Å². The van der Waals surface area contributed by atoms with Crippen LogP contribution in [0.4, 0.5) is 0 Å². The predicted molar refractivity (Wildman–Crippen MR) is 122 cm³/mol. The Morgan fingerprint density at radius 2 is 1.94 bits per heavy atom. The maximum Gasteiger partial charge on any atom is 0.149 e. The Balaban J connectivity index is 1.29. The molecule has 0 aliphatic carbocycles. The van der Waals surface area contributed by atoms with Crippen molar-refractivity contribution < 1.29 is 9.84 Å². The van der Waals surface area contributed by atoms with Crippen molar-refractivity contribution in [2.45, 2.75) is 44.2 Å². The van der Waals surface area contributed by atoms with E-state index in [9.17, 15) is 5.11 Å². The van der Waals surface area contributed by atoms with Crippen LogP contribution >= 0.6 is 0 Å². The Labute approximate surface area is 187 Å². The van der Waals surface area contributed by atoms with Gasteiger partial charge >= 0.3 is 0 Å². The van der Waals surface area contributed by atoms with E-state index in [4.69, 9.17) is 4.74 Å². The molecule has 2 unspecified atom stereocenters. The number of benzene rings is 1. The van der Waals surface area contributed by atoms with Crippen molar-refractivity contribution in [3.63, 3.8) is 0 Å². The van der Waals surface area contributed by atoms with Crippen LogP contribution in [0.25, 0.3) is 28.0 Å². The number of fused-ring (bicyclic) bond motifs is 3. The number of aromatic hydroxyl groups is 1. The smallest absolute Gasteiger partial charge is 0.149 e. The number of piperidine rings is 2. The second-order valence-electron chi connectivity index (χ2n) is 9.21. The number of rotatable bonds is 3. The van der Waals surface area contributed by atoms with Gasteiger partial charge in [-0.1, -0.05) is 12.5 Å². The number of nitrogens with zero attached hydrogens (tertiary/aromatic N) is 4. The van der Waals surface area contributed by atoms with Gasteiger partial charge in [0.2, 0.25) is 0 Å². The highest BCUT2D eigenvalue weighted by molar-refractivity contribution is 5.77. The van der Waals surface area contributed by atoms with E-state index in [-0.39, 0.29) is 5.75 Å². The zero-order valence-corrected chi connectivity index (χ0v) is 18.2. The third-order valence-corrected chi connectivity index (χ3v) is 7.04. The standard InChI is InChI=1S/C25H27N5O2/c1-30-14-17(13-26-30)15-5-6-21(23(31)11-15)22-12-24-25(29-28-22)20(7-8-32-24)16-9-18-3-2-4-19(10-16)27-18/h5-7,11-14,16,18-19,27,31H,2-4,8-10H2,1H3. The van der Waals surface area contributed by atoms with E-state index >= 15 is 0 Å². The van der Waals surface area contributed by atoms with Crippen molar-refractivity contribution in [2.75, 3.05) is 6.61 Å². The fraction of sp³-hybridized carbons (Fsp3) is 0.400. The molecule has 7 heteroatoms. The van der Waals surface area contributed by atoms with Gasteiger partial charge in [0.1, 0.15) is 29.5 Å². The van der Waals surface area contributed by atoms with E-state index < -0.39 is 0 Å². The minimum atomic E-state index is 0.165. The summed E-state index contributed by atoms with van der Waals surface area (Å²) in [5, 5.41) is 27.8. The van der Waals surface area contributed by atoms with Crippen LogP contribution in [-0.2, 0) is 7.05 Å². The van der Waals surface area contributed by atoms with Crippen molar-refractivity contribution in [3.05, 3.63) is 48.4 Å². The van der Waals surface area contributed by atoms with E-state index in [0.29, 0.717) is 35.9 Å². The molecule has 3 aliphatic heterocycles. The van der Waals surface area contributed by atoms with Gasteiger partial charge in [0, 0.05) is 42.5 Å². The van der Waals surface area contributed by atoms with Crippen LogP contribution in [0.5, 0.6) is 11.5 Å². The van der Waals surface area contributed by atoms with Crippen LogP contribution in [0, 0.1) is 5.92 Å². The molecule has 5 heterocycles. The van der Waals surface area contributed by atoms with Crippen LogP contribution in [0.15, 0.2) is 42.7 Å². The van der Waals surface area contributed by atoms with Crippen LogP contribution in [0.2, 0.25) is 0 Å². The first-order valence-corrected chi connectivity index (χ1v) is 11.4. The van der Waals surface area contributed by atoms with Gasteiger partial charge in [-0.05, 0) is 60.9 Å². The van der Waals surface area contributed by atoms with Gasteiger partial charge in [0.05, 0.1) is 6.20 Å². The first-order chi connectivity index (χ1) is 15.6. The van der Waals surface area contributed by atoms with Gasteiger partial charge in [0.25, 0.3) is 0 Å². The number of ether oxygens (including phenoxy) is 1. The molecule has 0 radical (unpaired) electrons. The molecule has 1 aromatic carbocycles. The van der Waals surface area contributed by atoms with Crippen LogP contribution < -0.4 is 10.1 Å². The molecule has 164 valence electrons. The fourth-order valence-electron chi connectivity index (χ4n) is 5.51. The normalized spacial score (nSPS) is 24.4. The summed E-state index contributed by atoms with van der Waals surface area (Å²) in [4.78, 5) is 0.